The first-order chi connectivity index (χ1) is 12.5. The molecule has 0 bridgehead atoms. The molecule has 2 aromatic carbocycles. The molecule has 26 heavy (non-hydrogen) atoms. The lowest BCUT2D eigenvalue weighted by Gasteiger charge is -2.31. The van der Waals surface area contributed by atoms with Crippen LogP contribution in [0.15, 0.2) is 46.9 Å². The Morgan fingerprint density at radius 1 is 1.15 bits per heavy atom. The summed E-state index contributed by atoms with van der Waals surface area (Å²) in [7, 11) is 0. The Morgan fingerprint density at radius 2 is 1.85 bits per heavy atom. The maximum Gasteiger partial charge on any atom is 0.255 e. The van der Waals surface area contributed by atoms with Gasteiger partial charge in [-0.2, -0.15) is 0 Å². The summed E-state index contributed by atoms with van der Waals surface area (Å²) in [5.41, 5.74) is 2.36. The maximum absolute atomic E-state index is 12.6. The van der Waals surface area contributed by atoms with Crippen molar-refractivity contribution in [2.24, 2.45) is 5.92 Å². The first-order valence-electron chi connectivity index (χ1n) is 8.56. The van der Waals surface area contributed by atoms with E-state index in [1.54, 1.807) is 29.2 Å². The van der Waals surface area contributed by atoms with Gasteiger partial charge in [0.25, 0.3) is 5.91 Å². The molecule has 1 fully saturated rings. The number of aryl methyl sites for hydroxylation is 1. The van der Waals surface area contributed by atoms with Crippen molar-refractivity contribution in [1.29, 1.82) is 0 Å². The molecule has 0 spiro atoms. The van der Waals surface area contributed by atoms with Crippen molar-refractivity contribution in [3.05, 3.63) is 63.1 Å². The van der Waals surface area contributed by atoms with Crippen molar-refractivity contribution < 1.29 is 9.59 Å². The highest BCUT2D eigenvalue weighted by Crippen LogP contribution is 2.25. The van der Waals surface area contributed by atoms with E-state index >= 15 is 0 Å². The summed E-state index contributed by atoms with van der Waals surface area (Å²) in [4.78, 5) is 26.9. The lowest BCUT2D eigenvalue weighted by molar-refractivity contribution is -0.121. The quantitative estimate of drug-likeness (QED) is 0.745. The second-order valence-corrected chi connectivity index (χ2v) is 7.82. The minimum Gasteiger partial charge on any atom is -0.339 e. The van der Waals surface area contributed by atoms with E-state index in [2.05, 4.69) is 21.2 Å². The van der Waals surface area contributed by atoms with Gasteiger partial charge in [0.1, 0.15) is 0 Å². The number of hydrogen-bond donors (Lipinski definition) is 1. The van der Waals surface area contributed by atoms with E-state index in [4.69, 9.17) is 11.6 Å². The van der Waals surface area contributed by atoms with Gasteiger partial charge in [0, 0.05) is 29.2 Å². The summed E-state index contributed by atoms with van der Waals surface area (Å²) in [6, 6.07) is 12.8. The molecule has 6 heteroatoms. The molecule has 1 N–H and O–H groups in total. The van der Waals surface area contributed by atoms with Crippen LogP contribution >= 0.6 is 27.5 Å². The first kappa shape index (κ1) is 18.9. The van der Waals surface area contributed by atoms with Crippen LogP contribution in [0.25, 0.3) is 0 Å². The number of piperidine rings is 1. The van der Waals surface area contributed by atoms with E-state index in [1.165, 1.54) is 0 Å². The molecule has 1 aliphatic heterocycles. The smallest absolute Gasteiger partial charge is 0.255 e. The average Bonchev–Trinajstić information content (AvgIpc) is 2.64. The highest BCUT2D eigenvalue weighted by molar-refractivity contribution is 9.10. The Labute approximate surface area is 166 Å². The summed E-state index contributed by atoms with van der Waals surface area (Å²) < 4.78 is 0.986. The number of carbonyl (C=O) groups excluding carboxylic acids is 2. The summed E-state index contributed by atoms with van der Waals surface area (Å²) in [5.74, 6) is -0.146. The lowest BCUT2D eigenvalue weighted by Crippen LogP contribution is -2.41. The van der Waals surface area contributed by atoms with Gasteiger partial charge < -0.3 is 10.2 Å². The molecule has 0 saturated carbocycles. The molecule has 1 heterocycles. The molecule has 0 unspecified atom stereocenters. The van der Waals surface area contributed by atoms with Crippen molar-refractivity contribution >= 4 is 45.0 Å². The van der Waals surface area contributed by atoms with Crippen LogP contribution in [0, 0.1) is 12.8 Å². The van der Waals surface area contributed by atoms with Crippen molar-refractivity contribution in [2.75, 3.05) is 18.4 Å². The summed E-state index contributed by atoms with van der Waals surface area (Å²) in [6.45, 7) is 3.08. The number of hydrogen-bond acceptors (Lipinski definition) is 2. The Morgan fingerprint density at radius 3 is 2.50 bits per heavy atom. The minimum atomic E-state index is -0.0895. The predicted molar refractivity (Wildman–Crippen MR) is 108 cm³/mol. The maximum atomic E-state index is 12.6. The highest BCUT2D eigenvalue weighted by atomic mass is 79.9. The van der Waals surface area contributed by atoms with Crippen LogP contribution in [0.5, 0.6) is 0 Å². The van der Waals surface area contributed by atoms with Gasteiger partial charge in [0.05, 0.1) is 10.6 Å². The highest BCUT2D eigenvalue weighted by Gasteiger charge is 2.28. The van der Waals surface area contributed by atoms with Gasteiger partial charge in [-0.1, -0.05) is 39.7 Å². The van der Waals surface area contributed by atoms with E-state index in [0.717, 1.165) is 15.7 Å². The van der Waals surface area contributed by atoms with Gasteiger partial charge in [0.15, 0.2) is 0 Å². The van der Waals surface area contributed by atoms with E-state index in [1.807, 2.05) is 25.1 Å². The third-order valence-corrected chi connectivity index (χ3v) is 5.53. The third kappa shape index (κ3) is 4.27. The fourth-order valence-electron chi connectivity index (χ4n) is 3.15. The second kappa shape index (κ2) is 8.23. The molecule has 0 aromatic heterocycles. The van der Waals surface area contributed by atoms with Crippen LogP contribution in [-0.4, -0.2) is 29.8 Å². The predicted octanol–water partition coefficient (Wildman–Crippen LogP) is 4.90. The molecular weight excluding hydrogens is 416 g/mol. The molecule has 0 radical (unpaired) electrons. The van der Waals surface area contributed by atoms with E-state index in [9.17, 15) is 9.59 Å². The Kier molecular flexibility index (Phi) is 5.99. The van der Waals surface area contributed by atoms with Crippen LogP contribution in [0.4, 0.5) is 5.69 Å². The molecule has 136 valence electrons. The number of halogens is 2. The standard InChI is InChI=1S/C20H20BrClN2O2/c1-13-12-15(21)6-7-18(13)23-19(25)14-8-10-24(11-9-14)20(26)16-4-2-3-5-17(16)22/h2-7,12,14H,8-11H2,1H3,(H,23,25). The molecule has 1 saturated heterocycles. The van der Waals surface area contributed by atoms with Gasteiger partial charge in [-0.05, 0) is 55.7 Å². The number of nitrogens with zero attached hydrogens (tertiary/aromatic N) is 1. The van der Waals surface area contributed by atoms with Crippen molar-refractivity contribution in [1.82, 2.24) is 4.90 Å². The topological polar surface area (TPSA) is 49.4 Å². The molecule has 2 amide bonds. The number of rotatable bonds is 3. The molecule has 0 atom stereocenters. The van der Waals surface area contributed by atoms with E-state index in [-0.39, 0.29) is 17.7 Å². The van der Waals surface area contributed by atoms with Crippen LogP contribution in [0.3, 0.4) is 0 Å². The number of nitrogens with one attached hydrogen (secondary N) is 1. The van der Waals surface area contributed by atoms with Crippen molar-refractivity contribution in [3.63, 3.8) is 0 Å². The Balaban J connectivity index is 1.59. The molecule has 4 nitrogen and oxygen atoms in total. The molecule has 3 rings (SSSR count). The van der Waals surface area contributed by atoms with Gasteiger partial charge >= 0.3 is 0 Å². The molecular formula is C20H20BrClN2O2. The summed E-state index contributed by atoms with van der Waals surface area (Å²) >= 11 is 9.54. The van der Waals surface area contributed by atoms with Gasteiger partial charge in [-0.15, -0.1) is 0 Å². The van der Waals surface area contributed by atoms with Crippen molar-refractivity contribution in [3.8, 4) is 0 Å². The summed E-state index contributed by atoms with van der Waals surface area (Å²) in [5, 5.41) is 3.47. The average molecular weight is 436 g/mol. The van der Waals surface area contributed by atoms with Crippen molar-refractivity contribution in [2.45, 2.75) is 19.8 Å². The number of benzene rings is 2. The van der Waals surface area contributed by atoms with Gasteiger partial charge in [0.2, 0.25) is 5.91 Å². The van der Waals surface area contributed by atoms with Gasteiger partial charge in [-0.3, -0.25) is 9.59 Å². The number of likely N-dealkylation sites (tertiary alicyclic amines) is 1. The lowest BCUT2D eigenvalue weighted by atomic mass is 9.95. The number of amides is 2. The van der Waals surface area contributed by atoms with E-state index < -0.39 is 0 Å². The van der Waals surface area contributed by atoms with Crippen LogP contribution < -0.4 is 5.32 Å². The van der Waals surface area contributed by atoms with Crippen LogP contribution in [0.1, 0.15) is 28.8 Å². The first-order valence-corrected chi connectivity index (χ1v) is 9.73. The fraction of sp³-hybridized carbons (Fsp3) is 0.300. The Hall–Kier alpha value is -1.85. The van der Waals surface area contributed by atoms with E-state index in [0.29, 0.717) is 36.5 Å². The minimum absolute atomic E-state index is 0.0141. The Bertz CT molecular complexity index is 832. The molecule has 1 aliphatic rings. The SMILES string of the molecule is Cc1cc(Br)ccc1NC(=O)C1CCN(C(=O)c2ccccc2Cl)CC1. The normalized spacial score (nSPS) is 15.0. The third-order valence-electron chi connectivity index (χ3n) is 4.70. The van der Waals surface area contributed by atoms with Crippen LogP contribution in [-0.2, 0) is 4.79 Å². The zero-order chi connectivity index (χ0) is 18.7. The zero-order valence-electron chi connectivity index (χ0n) is 14.5. The largest absolute Gasteiger partial charge is 0.339 e. The monoisotopic (exact) mass is 434 g/mol. The number of carbonyl (C=O) groups is 2. The molecule has 2 aromatic rings. The summed E-state index contributed by atoms with van der Waals surface area (Å²) in [6.07, 6.45) is 1.30. The second-order valence-electron chi connectivity index (χ2n) is 6.49. The zero-order valence-corrected chi connectivity index (χ0v) is 16.8. The molecule has 0 aliphatic carbocycles. The fourth-order valence-corrected chi connectivity index (χ4v) is 3.84. The van der Waals surface area contributed by atoms with Gasteiger partial charge in [-0.25, -0.2) is 0 Å². The number of anilines is 1. The van der Waals surface area contributed by atoms with Crippen LogP contribution in [0.2, 0.25) is 5.02 Å².